The Balaban J connectivity index is 2.44. The van der Waals surface area contributed by atoms with Crippen LogP contribution in [0.15, 0.2) is 4.52 Å². The predicted molar refractivity (Wildman–Crippen MR) is 31.6 cm³/mol. The summed E-state index contributed by atoms with van der Waals surface area (Å²) in [4.78, 5) is 0. The molecule has 2 heterocycles. The third-order valence-corrected chi connectivity index (χ3v) is 1.57. The third-order valence-electron chi connectivity index (χ3n) is 1.57. The average molecular weight is 141 g/mol. The van der Waals surface area contributed by atoms with Crippen LogP contribution in [0.4, 0.5) is 0 Å². The quantitative estimate of drug-likeness (QED) is 0.602. The average Bonchev–Trinajstić information content (AvgIpc) is 2.44. The van der Waals surface area contributed by atoms with Crippen molar-refractivity contribution in [3.05, 3.63) is 11.3 Å². The van der Waals surface area contributed by atoms with Gasteiger partial charge in [-0.2, -0.15) is 0 Å². The van der Waals surface area contributed by atoms with E-state index >= 15 is 0 Å². The van der Waals surface area contributed by atoms with Crippen LogP contribution < -0.4 is 4.74 Å². The lowest BCUT2D eigenvalue weighted by atomic mass is 10.2. The monoisotopic (exact) mass is 141 g/mol. The molecule has 0 spiro atoms. The van der Waals surface area contributed by atoms with Gasteiger partial charge in [-0.25, -0.2) is 0 Å². The number of aliphatic hydroxyl groups is 1. The summed E-state index contributed by atoms with van der Waals surface area (Å²) in [5.41, 5.74) is 1.52. The summed E-state index contributed by atoms with van der Waals surface area (Å²) < 4.78 is 9.81. The second kappa shape index (κ2) is 1.98. The van der Waals surface area contributed by atoms with Crippen LogP contribution in [0.1, 0.15) is 11.3 Å². The van der Waals surface area contributed by atoms with E-state index < -0.39 is 0 Å². The molecule has 0 unspecified atom stereocenters. The number of ether oxygens (including phenoxy) is 1. The van der Waals surface area contributed by atoms with Gasteiger partial charge in [0.25, 0.3) is 0 Å². The maximum atomic E-state index is 8.71. The van der Waals surface area contributed by atoms with E-state index in [1.165, 1.54) is 0 Å². The molecule has 0 aromatic carbocycles. The molecule has 4 nitrogen and oxygen atoms in total. The molecule has 1 N–H and O–H groups in total. The van der Waals surface area contributed by atoms with Crippen molar-refractivity contribution >= 4 is 0 Å². The molecule has 1 aromatic heterocycles. The second-order valence-electron chi connectivity index (χ2n) is 2.15. The highest BCUT2D eigenvalue weighted by Crippen LogP contribution is 2.27. The Morgan fingerprint density at radius 1 is 1.60 bits per heavy atom. The topological polar surface area (TPSA) is 55.5 Å². The van der Waals surface area contributed by atoms with Crippen molar-refractivity contribution in [2.24, 2.45) is 0 Å². The summed E-state index contributed by atoms with van der Waals surface area (Å²) in [7, 11) is 0. The first-order valence-electron chi connectivity index (χ1n) is 3.13. The maximum Gasteiger partial charge on any atom is 0.314 e. The molecule has 0 bridgehead atoms. The van der Waals surface area contributed by atoms with Crippen LogP contribution in [0.3, 0.4) is 0 Å². The van der Waals surface area contributed by atoms with Crippen molar-refractivity contribution in [3.63, 3.8) is 0 Å². The van der Waals surface area contributed by atoms with E-state index in [2.05, 4.69) is 5.16 Å². The fourth-order valence-corrected chi connectivity index (χ4v) is 1.05. The van der Waals surface area contributed by atoms with Crippen molar-refractivity contribution in [1.29, 1.82) is 0 Å². The first-order valence-corrected chi connectivity index (χ1v) is 3.13. The van der Waals surface area contributed by atoms with Gasteiger partial charge in [0, 0.05) is 6.42 Å². The molecule has 1 aromatic rings. The molecule has 0 saturated carbocycles. The fourth-order valence-electron chi connectivity index (χ4n) is 1.05. The predicted octanol–water partition coefficient (Wildman–Crippen LogP) is 0.102. The van der Waals surface area contributed by atoms with Gasteiger partial charge >= 0.3 is 5.95 Å². The molecule has 0 fully saturated rings. The molecule has 2 rings (SSSR count). The zero-order chi connectivity index (χ0) is 6.97. The number of nitrogens with zero attached hydrogens (tertiary/aromatic N) is 1. The van der Waals surface area contributed by atoms with Gasteiger partial charge in [0.15, 0.2) is 0 Å². The zero-order valence-corrected chi connectivity index (χ0v) is 5.33. The smallest absolute Gasteiger partial charge is 0.314 e. The molecule has 10 heavy (non-hydrogen) atoms. The van der Waals surface area contributed by atoms with Crippen LogP contribution >= 0.6 is 0 Å². The lowest BCUT2D eigenvalue weighted by Gasteiger charge is -1.86. The van der Waals surface area contributed by atoms with Crippen LogP contribution in [0.2, 0.25) is 0 Å². The number of aromatic nitrogens is 1. The molecule has 1 aliphatic heterocycles. The number of hydrogen-bond acceptors (Lipinski definition) is 4. The van der Waals surface area contributed by atoms with Gasteiger partial charge < -0.3 is 14.4 Å². The van der Waals surface area contributed by atoms with Crippen LogP contribution in [-0.2, 0) is 13.0 Å². The van der Waals surface area contributed by atoms with Gasteiger partial charge in [-0.1, -0.05) is 5.16 Å². The van der Waals surface area contributed by atoms with E-state index in [1.807, 2.05) is 0 Å². The molecular formula is C6H7NO3. The minimum absolute atomic E-state index is 0.0673. The first-order chi connectivity index (χ1) is 4.92. The lowest BCUT2D eigenvalue weighted by molar-refractivity contribution is 0.224. The van der Waals surface area contributed by atoms with Crippen LogP contribution in [-0.4, -0.2) is 16.9 Å². The van der Waals surface area contributed by atoms with Gasteiger partial charge in [0.2, 0.25) is 0 Å². The summed E-state index contributed by atoms with van der Waals surface area (Å²) >= 11 is 0. The van der Waals surface area contributed by atoms with Gasteiger partial charge in [-0.15, -0.1) is 0 Å². The number of hydrogen-bond donors (Lipinski definition) is 1. The van der Waals surface area contributed by atoms with E-state index in [0.717, 1.165) is 12.0 Å². The SMILES string of the molecule is OCc1noc2c1CCO2. The summed E-state index contributed by atoms with van der Waals surface area (Å²) in [5.74, 6) is 0.476. The Kier molecular flexibility index (Phi) is 1.14. The number of rotatable bonds is 1. The highest BCUT2D eigenvalue weighted by atomic mass is 16.6. The number of fused-ring (bicyclic) bond motifs is 1. The molecule has 0 amide bonds. The molecular weight excluding hydrogens is 134 g/mol. The van der Waals surface area contributed by atoms with Crippen molar-refractivity contribution < 1.29 is 14.4 Å². The van der Waals surface area contributed by atoms with E-state index in [-0.39, 0.29) is 6.61 Å². The maximum absolute atomic E-state index is 8.71. The molecule has 4 heteroatoms. The van der Waals surface area contributed by atoms with Crippen molar-refractivity contribution in [1.82, 2.24) is 5.16 Å². The van der Waals surface area contributed by atoms with E-state index in [0.29, 0.717) is 18.2 Å². The van der Waals surface area contributed by atoms with E-state index in [1.54, 1.807) is 0 Å². The standard InChI is InChI=1S/C6H7NO3/c8-3-5-4-1-2-9-6(4)10-7-5/h8H,1-3H2. The van der Waals surface area contributed by atoms with Gasteiger partial charge in [-0.3, -0.25) is 0 Å². The van der Waals surface area contributed by atoms with E-state index in [9.17, 15) is 0 Å². The first kappa shape index (κ1) is 5.73. The normalized spacial score (nSPS) is 14.9. The van der Waals surface area contributed by atoms with Crippen LogP contribution in [0, 0.1) is 0 Å². The Bertz CT molecular complexity index is 243. The fraction of sp³-hybridized carbons (Fsp3) is 0.500. The van der Waals surface area contributed by atoms with Crippen LogP contribution in [0.5, 0.6) is 5.95 Å². The summed E-state index contributed by atoms with van der Waals surface area (Å²) in [6.45, 7) is 0.575. The van der Waals surface area contributed by atoms with Gasteiger partial charge in [0.1, 0.15) is 5.69 Å². The Morgan fingerprint density at radius 3 is 3.30 bits per heavy atom. The van der Waals surface area contributed by atoms with Crippen molar-refractivity contribution in [2.45, 2.75) is 13.0 Å². The highest BCUT2D eigenvalue weighted by Gasteiger charge is 2.21. The summed E-state index contributed by atoms with van der Waals surface area (Å²) in [5, 5.41) is 12.3. The zero-order valence-electron chi connectivity index (χ0n) is 5.33. The molecule has 0 radical (unpaired) electrons. The molecule has 0 aliphatic carbocycles. The minimum Gasteiger partial charge on any atom is -0.463 e. The molecule has 0 saturated heterocycles. The Hall–Kier alpha value is -1.03. The molecule has 54 valence electrons. The van der Waals surface area contributed by atoms with Gasteiger partial charge in [-0.05, 0) is 0 Å². The summed E-state index contributed by atoms with van der Waals surface area (Å²) in [6, 6.07) is 0. The molecule has 0 atom stereocenters. The van der Waals surface area contributed by atoms with E-state index in [4.69, 9.17) is 14.4 Å². The lowest BCUT2D eigenvalue weighted by Crippen LogP contribution is -1.92. The third kappa shape index (κ3) is 0.623. The Morgan fingerprint density at radius 2 is 2.50 bits per heavy atom. The summed E-state index contributed by atoms with van der Waals surface area (Å²) in [6.07, 6.45) is 0.800. The largest absolute Gasteiger partial charge is 0.463 e. The second-order valence-corrected chi connectivity index (χ2v) is 2.15. The van der Waals surface area contributed by atoms with Crippen molar-refractivity contribution in [3.8, 4) is 5.95 Å². The molecule has 1 aliphatic rings. The Labute approximate surface area is 57.4 Å². The minimum atomic E-state index is -0.0673. The van der Waals surface area contributed by atoms with Crippen LogP contribution in [0.25, 0.3) is 0 Å². The van der Waals surface area contributed by atoms with Gasteiger partial charge in [0.05, 0.1) is 18.8 Å². The highest BCUT2D eigenvalue weighted by molar-refractivity contribution is 5.30. The van der Waals surface area contributed by atoms with Crippen molar-refractivity contribution in [2.75, 3.05) is 6.61 Å². The number of aliphatic hydroxyl groups excluding tert-OH is 1.